The molecule has 2 aliphatic rings. The van der Waals surface area contributed by atoms with Crippen LogP contribution in [0.3, 0.4) is 0 Å². The van der Waals surface area contributed by atoms with Gasteiger partial charge in [0, 0.05) is 26.2 Å². The second kappa shape index (κ2) is 10.9. The van der Waals surface area contributed by atoms with Crippen LogP contribution in [0.15, 0.2) is 23.2 Å². The minimum absolute atomic E-state index is 0.0483. The molecular weight excluding hydrogens is 432 g/mol. The van der Waals surface area contributed by atoms with Gasteiger partial charge < -0.3 is 29.1 Å². The number of nitrogens with one attached hydrogen (secondary N) is 1. The lowest BCUT2D eigenvalue weighted by Gasteiger charge is -2.38. The first-order valence-electron chi connectivity index (χ1n) is 11.1. The molecule has 0 radical (unpaired) electrons. The Morgan fingerprint density at radius 2 is 1.79 bits per heavy atom. The van der Waals surface area contributed by atoms with Gasteiger partial charge in [-0.15, -0.1) is 0 Å². The SMILES string of the molecule is CCOC(=O)[C@@H]1C(=O)NC(N2CCN(C(=O)OCC)CC2)=N[C@@H]1c1ccc(O)c(OCC)c1. The van der Waals surface area contributed by atoms with Crippen molar-refractivity contribution in [2.45, 2.75) is 26.8 Å². The van der Waals surface area contributed by atoms with Crippen LogP contribution < -0.4 is 10.1 Å². The number of aliphatic imine (C=N–C) groups is 1. The number of rotatable bonds is 6. The van der Waals surface area contributed by atoms with Crippen LogP contribution in [-0.2, 0) is 19.1 Å². The van der Waals surface area contributed by atoms with E-state index in [0.29, 0.717) is 50.9 Å². The normalized spacial score (nSPS) is 20.6. The van der Waals surface area contributed by atoms with Crippen molar-refractivity contribution in [3.63, 3.8) is 0 Å². The Morgan fingerprint density at radius 1 is 1.09 bits per heavy atom. The van der Waals surface area contributed by atoms with Crippen LogP contribution in [0.1, 0.15) is 32.4 Å². The lowest BCUT2D eigenvalue weighted by Crippen LogP contribution is -2.58. The summed E-state index contributed by atoms with van der Waals surface area (Å²) in [6.45, 7) is 7.66. The van der Waals surface area contributed by atoms with E-state index in [4.69, 9.17) is 14.2 Å². The summed E-state index contributed by atoms with van der Waals surface area (Å²) in [6, 6.07) is 3.76. The Hall–Kier alpha value is -3.50. The summed E-state index contributed by atoms with van der Waals surface area (Å²) in [5.74, 6) is -1.88. The third kappa shape index (κ3) is 5.47. The Kier molecular flexibility index (Phi) is 7.96. The Bertz CT molecular complexity index is 912. The van der Waals surface area contributed by atoms with Crippen molar-refractivity contribution in [2.24, 2.45) is 10.9 Å². The molecule has 1 aromatic carbocycles. The molecule has 180 valence electrons. The Labute approximate surface area is 192 Å². The number of hydrogen-bond donors (Lipinski definition) is 2. The topological polar surface area (TPSA) is 130 Å². The van der Waals surface area contributed by atoms with Gasteiger partial charge in [-0.3, -0.25) is 14.9 Å². The number of phenolic OH excluding ortho intramolecular Hbond substituents is 1. The van der Waals surface area contributed by atoms with Crippen LogP contribution in [0.4, 0.5) is 4.79 Å². The number of hydrogen-bond acceptors (Lipinski definition) is 9. The molecule has 0 aromatic heterocycles. The second-order valence-electron chi connectivity index (χ2n) is 7.45. The van der Waals surface area contributed by atoms with E-state index in [1.54, 1.807) is 37.8 Å². The first kappa shape index (κ1) is 24.1. The quantitative estimate of drug-likeness (QED) is 0.478. The number of ether oxygens (including phenoxy) is 3. The van der Waals surface area contributed by atoms with E-state index in [2.05, 4.69) is 10.3 Å². The van der Waals surface area contributed by atoms with Crippen molar-refractivity contribution in [3.8, 4) is 11.5 Å². The summed E-state index contributed by atoms with van der Waals surface area (Å²) in [5.41, 5.74) is 0.534. The van der Waals surface area contributed by atoms with Crippen LogP contribution in [-0.4, -0.2) is 84.8 Å². The maximum absolute atomic E-state index is 13.0. The Balaban J connectivity index is 1.89. The predicted molar refractivity (Wildman–Crippen MR) is 118 cm³/mol. The van der Waals surface area contributed by atoms with Gasteiger partial charge in [0.1, 0.15) is 6.04 Å². The molecular formula is C22H30N4O7. The van der Waals surface area contributed by atoms with Gasteiger partial charge in [-0.05, 0) is 38.5 Å². The molecule has 2 heterocycles. The zero-order chi connectivity index (χ0) is 24.0. The first-order valence-corrected chi connectivity index (χ1v) is 11.1. The third-order valence-electron chi connectivity index (χ3n) is 5.37. The molecule has 0 unspecified atom stereocenters. The number of nitrogens with zero attached hydrogens (tertiary/aromatic N) is 3. The summed E-state index contributed by atoms with van der Waals surface area (Å²) >= 11 is 0. The molecule has 11 nitrogen and oxygen atoms in total. The number of piperazine rings is 1. The number of guanidine groups is 1. The van der Waals surface area contributed by atoms with Gasteiger partial charge in [-0.25, -0.2) is 9.79 Å². The zero-order valence-electron chi connectivity index (χ0n) is 19.1. The molecule has 2 N–H and O–H groups in total. The number of benzene rings is 1. The Morgan fingerprint density at radius 3 is 2.42 bits per heavy atom. The minimum Gasteiger partial charge on any atom is -0.504 e. The van der Waals surface area contributed by atoms with Gasteiger partial charge in [-0.1, -0.05) is 6.07 Å². The number of aromatic hydroxyl groups is 1. The molecule has 1 fully saturated rings. The molecule has 33 heavy (non-hydrogen) atoms. The maximum Gasteiger partial charge on any atom is 0.409 e. The lowest BCUT2D eigenvalue weighted by molar-refractivity contribution is -0.153. The van der Waals surface area contributed by atoms with Crippen molar-refractivity contribution in [1.82, 2.24) is 15.1 Å². The number of carbonyl (C=O) groups is 3. The fraction of sp³-hybridized carbons (Fsp3) is 0.545. The zero-order valence-corrected chi connectivity index (χ0v) is 19.1. The summed E-state index contributed by atoms with van der Waals surface area (Å²) in [5, 5.41) is 12.8. The van der Waals surface area contributed by atoms with Gasteiger partial charge in [0.25, 0.3) is 0 Å². The molecule has 1 aromatic rings. The van der Waals surface area contributed by atoms with Crippen LogP contribution in [0.2, 0.25) is 0 Å². The highest BCUT2D eigenvalue weighted by Crippen LogP contribution is 2.36. The van der Waals surface area contributed by atoms with E-state index < -0.39 is 23.8 Å². The van der Waals surface area contributed by atoms with E-state index in [9.17, 15) is 19.5 Å². The first-order chi connectivity index (χ1) is 15.9. The molecule has 2 amide bonds. The summed E-state index contributed by atoms with van der Waals surface area (Å²) in [6.07, 6.45) is -0.375. The fourth-order valence-electron chi connectivity index (χ4n) is 3.77. The summed E-state index contributed by atoms with van der Waals surface area (Å²) < 4.78 is 15.6. The third-order valence-corrected chi connectivity index (χ3v) is 5.37. The fourth-order valence-corrected chi connectivity index (χ4v) is 3.77. The standard InChI is InChI=1S/C22H30N4O7/c1-4-31-16-13-14(7-8-15(16)27)18-17(20(29)32-5-2)19(28)24-21(23-18)25-9-11-26(12-10-25)22(30)33-6-3/h7-8,13,17-18,27H,4-6,9-12H2,1-3H3,(H,23,24,28)/t17-,18+/m0/s1. The molecule has 3 rings (SSSR count). The maximum atomic E-state index is 13.0. The van der Waals surface area contributed by atoms with Crippen molar-refractivity contribution in [2.75, 3.05) is 46.0 Å². The van der Waals surface area contributed by atoms with Crippen LogP contribution in [0.25, 0.3) is 0 Å². The molecule has 0 saturated carbocycles. The molecule has 0 bridgehead atoms. The van der Waals surface area contributed by atoms with E-state index in [-0.39, 0.29) is 24.2 Å². The number of carbonyl (C=O) groups excluding carboxylic acids is 3. The van der Waals surface area contributed by atoms with Crippen molar-refractivity contribution < 1.29 is 33.7 Å². The average molecular weight is 463 g/mol. The van der Waals surface area contributed by atoms with Gasteiger partial charge in [0.2, 0.25) is 11.9 Å². The number of amides is 2. The van der Waals surface area contributed by atoms with E-state index in [1.807, 2.05) is 4.90 Å². The number of phenols is 1. The molecule has 0 spiro atoms. The average Bonchev–Trinajstić information content (AvgIpc) is 2.80. The molecule has 0 aliphatic carbocycles. The van der Waals surface area contributed by atoms with E-state index in [0.717, 1.165) is 0 Å². The second-order valence-corrected chi connectivity index (χ2v) is 7.45. The highest BCUT2D eigenvalue weighted by atomic mass is 16.6. The molecule has 1 saturated heterocycles. The lowest BCUT2D eigenvalue weighted by atomic mass is 9.91. The van der Waals surface area contributed by atoms with Crippen LogP contribution in [0.5, 0.6) is 11.5 Å². The highest BCUT2D eigenvalue weighted by Gasteiger charge is 2.42. The van der Waals surface area contributed by atoms with Crippen molar-refractivity contribution in [1.29, 1.82) is 0 Å². The summed E-state index contributed by atoms with van der Waals surface area (Å²) in [7, 11) is 0. The van der Waals surface area contributed by atoms with Crippen molar-refractivity contribution in [3.05, 3.63) is 23.8 Å². The monoisotopic (exact) mass is 462 g/mol. The van der Waals surface area contributed by atoms with Crippen LogP contribution >= 0.6 is 0 Å². The van der Waals surface area contributed by atoms with Gasteiger partial charge in [0.15, 0.2) is 17.4 Å². The van der Waals surface area contributed by atoms with E-state index >= 15 is 0 Å². The van der Waals surface area contributed by atoms with E-state index in [1.165, 1.54) is 6.07 Å². The smallest absolute Gasteiger partial charge is 0.409 e. The molecule has 11 heteroatoms. The van der Waals surface area contributed by atoms with Gasteiger partial charge >= 0.3 is 12.1 Å². The van der Waals surface area contributed by atoms with Gasteiger partial charge in [0.05, 0.1) is 19.8 Å². The predicted octanol–water partition coefficient (Wildman–Crippen LogP) is 1.27. The highest BCUT2D eigenvalue weighted by molar-refractivity contribution is 6.08. The van der Waals surface area contributed by atoms with Crippen LogP contribution in [0, 0.1) is 5.92 Å². The minimum atomic E-state index is -1.19. The largest absolute Gasteiger partial charge is 0.504 e. The number of esters is 1. The molecule has 2 aliphatic heterocycles. The van der Waals surface area contributed by atoms with Gasteiger partial charge in [-0.2, -0.15) is 0 Å². The molecule has 2 atom stereocenters. The van der Waals surface area contributed by atoms with Crippen molar-refractivity contribution >= 4 is 23.9 Å². The summed E-state index contributed by atoms with van der Waals surface area (Å²) in [4.78, 5) is 45.7.